The first-order valence-corrected chi connectivity index (χ1v) is 41.5. The number of hydrogen-bond donors (Lipinski definition) is 8. The van der Waals surface area contributed by atoms with Gasteiger partial charge in [-0.05, 0) is 102 Å². The topological polar surface area (TPSA) is 666 Å². The number of phenolic OH excluding ortho intramolecular Hbond substituents is 2. The van der Waals surface area contributed by atoms with Crippen molar-refractivity contribution in [3.05, 3.63) is 238 Å². The van der Waals surface area contributed by atoms with Gasteiger partial charge in [-0.1, -0.05) is 116 Å². The minimum absolute atomic E-state index is 0. The Bertz CT molecular complexity index is 6300. The summed E-state index contributed by atoms with van der Waals surface area (Å²) in [7, 11) is -29.1. The number of carboxylic acids is 2. The van der Waals surface area contributed by atoms with Gasteiger partial charge in [0.05, 0.1) is 60.2 Å². The normalized spacial score (nSPS) is 11.4. The Balaban J connectivity index is 0.000000726. The number of anilines is 6. The van der Waals surface area contributed by atoms with Crippen molar-refractivity contribution < 1.29 is 242 Å². The van der Waals surface area contributed by atoms with Crippen molar-refractivity contribution in [1.82, 2.24) is 29.9 Å². The largest absolute Gasteiger partial charge is 1.00 e. The summed E-state index contributed by atoms with van der Waals surface area (Å²) in [6, 6.07) is 42.4. The number of carboxylic acid groups (broad SMARTS) is 2. The number of nitrogens with one attached hydrogen (secondary N) is 4. The van der Waals surface area contributed by atoms with E-state index in [1.165, 1.54) is 84.9 Å². The molecule has 0 atom stereocenters. The standard InChI is InChI=1S/C33H29FN8O8S2.C32H27ClN8O12S3.2Cu.3Na.2O3S/c1-2-16-51(46,47)22-14-12-20(13-15-22)17-28-36-32(34)38-33(37-28)35-26-18-23(52(48,49)50)19-27(29(26)43)40-42-30(21-8-4-3-5-9-21)41-39-25-11-7-6-10-24(25)31(44)45;33-31-35-27(16-19-10-12-21(13-11-19)54(45,46)15-14-53-56(50,51)52)36-32(37-31)34-25-17-22(55(47,48)49)18-26(28(25)42)39-41-29(20-6-2-1-3-7-20)40-38-24-9-5-4-8-23(24)30(43)44;;;;;;2*1-4(2)3/h3-15,18-19,40,43H,2,16-17H2,1H3,(H,44,45)(H,48,49,50)(H,35,36,37,38);1-13,17-18,39,42H,14-16H2,(H,43,44)(H,47,48,49)(H,50,51,52)(H,34,35,36,37);;;;;;;/q;;5*+1;;/p-3. The number of hydrazone groups is 2. The molecule has 628 valence electrons. The van der Waals surface area contributed by atoms with Crippen LogP contribution in [0.2, 0.25) is 5.28 Å². The van der Waals surface area contributed by atoms with E-state index in [-0.39, 0.29) is 208 Å². The summed E-state index contributed by atoms with van der Waals surface area (Å²) in [6.07, 6.45) is -0.892. The van der Waals surface area contributed by atoms with Gasteiger partial charge in [0.2, 0.25) is 39.3 Å². The first-order chi connectivity index (χ1) is 54.6. The molecule has 8 aromatic carbocycles. The van der Waals surface area contributed by atoms with E-state index in [9.17, 15) is 90.2 Å². The first kappa shape index (κ1) is 108. The number of azo groups is 2. The molecule has 0 aliphatic carbocycles. The first-order valence-electron chi connectivity index (χ1n) is 31.6. The van der Waals surface area contributed by atoms with Gasteiger partial charge in [-0.3, -0.25) is 15.0 Å². The quantitative estimate of drug-likeness (QED) is 0.00399. The predicted octanol–water partition coefficient (Wildman–Crippen LogP) is -1.63. The van der Waals surface area contributed by atoms with Crippen LogP contribution in [0.15, 0.2) is 232 Å². The molecule has 121 heavy (non-hydrogen) atoms. The van der Waals surface area contributed by atoms with Crippen LogP contribution in [0.4, 0.5) is 50.4 Å². The summed E-state index contributed by atoms with van der Waals surface area (Å²) in [5.41, 5.74) is 4.75. The Kier molecular flexibility index (Phi) is 44.8. The molecule has 0 saturated carbocycles. The van der Waals surface area contributed by atoms with Crippen molar-refractivity contribution in [3.63, 3.8) is 0 Å². The fourth-order valence-electron chi connectivity index (χ4n) is 9.28. The van der Waals surface area contributed by atoms with Crippen LogP contribution in [0.1, 0.15) is 68.0 Å². The van der Waals surface area contributed by atoms with Crippen LogP contribution < -0.4 is 110 Å². The molecule has 10 aromatic rings. The molecule has 8 N–H and O–H groups in total. The number of rotatable bonds is 28. The molecule has 2 aromatic heterocycles. The van der Waals surface area contributed by atoms with E-state index in [0.717, 1.165) is 24.3 Å². The zero-order valence-electron chi connectivity index (χ0n) is 61.9. The molecule has 42 nitrogen and oxygen atoms in total. The smallest absolute Gasteiger partial charge is 0.744 e. The van der Waals surface area contributed by atoms with Crippen molar-refractivity contribution in [2.24, 2.45) is 30.7 Å². The van der Waals surface area contributed by atoms with E-state index in [2.05, 4.69) is 86.2 Å². The third-order valence-electron chi connectivity index (χ3n) is 14.3. The van der Waals surface area contributed by atoms with Crippen LogP contribution in [0.3, 0.4) is 0 Å². The Morgan fingerprint density at radius 1 is 0.479 bits per heavy atom. The Hall–Kier alpha value is -8.85. The molecule has 0 aliphatic rings. The number of aromatic carboxylic acids is 2. The third kappa shape index (κ3) is 35.5. The summed E-state index contributed by atoms with van der Waals surface area (Å²) in [5.74, 6) is -5.79. The molecule has 0 amide bonds. The molecule has 0 saturated heterocycles. The minimum atomic E-state index is -5.15. The summed E-state index contributed by atoms with van der Waals surface area (Å²) in [4.78, 5) is 45.1. The Morgan fingerprint density at radius 3 is 1.19 bits per heavy atom. The minimum Gasteiger partial charge on any atom is -0.744 e. The number of halogens is 2. The van der Waals surface area contributed by atoms with Crippen molar-refractivity contribution in [2.45, 2.75) is 45.8 Å². The van der Waals surface area contributed by atoms with Crippen molar-refractivity contribution >= 4 is 153 Å². The van der Waals surface area contributed by atoms with Crippen LogP contribution >= 0.6 is 11.6 Å². The number of hydrogen-bond acceptors (Lipinski definition) is 38. The van der Waals surface area contributed by atoms with E-state index >= 15 is 0 Å². The number of sulfone groups is 2. The molecule has 0 radical (unpaired) electrons. The number of amidine groups is 2. The number of benzene rings is 8. The van der Waals surface area contributed by atoms with Crippen molar-refractivity contribution in [1.29, 1.82) is 0 Å². The maximum atomic E-state index is 14.5. The van der Waals surface area contributed by atoms with Gasteiger partial charge in [0.1, 0.15) is 54.6 Å². The Labute approximate surface area is 782 Å². The number of aromatic hydroxyl groups is 2. The summed E-state index contributed by atoms with van der Waals surface area (Å²) >= 11 is 6.12. The second kappa shape index (κ2) is 50.0. The average Bonchev–Trinajstić information content (AvgIpc) is 0.800. The van der Waals surface area contributed by atoms with Crippen LogP contribution in [0.25, 0.3) is 0 Å². The molecule has 0 bridgehead atoms. The monoisotopic (exact) mass is 1950 g/mol. The zero-order valence-corrected chi connectivity index (χ0v) is 76.3. The summed E-state index contributed by atoms with van der Waals surface area (Å²) in [6.45, 7) is 0.878. The van der Waals surface area contributed by atoms with Gasteiger partial charge in [0.25, 0.3) is 0 Å². The molecule has 0 aliphatic heterocycles. The van der Waals surface area contributed by atoms with Crippen LogP contribution in [-0.4, -0.2) is 173 Å². The fraction of sp³-hybridized carbons (Fsp3) is 0.108. The van der Waals surface area contributed by atoms with Crippen LogP contribution in [0.5, 0.6) is 11.5 Å². The number of phenols is 2. The molecular formula is C65H53ClCu2FN16Na3O26S7+2. The maximum Gasteiger partial charge on any atom is 1.00 e. The number of nitrogens with zero attached hydrogens (tertiary/aromatic N) is 12. The fourth-order valence-corrected chi connectivity index (χ4v) is 13.3. The van der Waals surface area contributed by atoms with Crippen LogP contribution in [-0.2, 0) is 123 Å². The van der Waals surface area contributed by atoms with Gasteiger partial charge in [-0.2, -0.15) is 39.5 Å². The SMILES string of the molecule is CCCS(=O)(=O)c1ccc(Cc2nc(F)nc(Nc3cc(S(=O)(=O)[O-])cc(NN=C(N=Nc4ccccc4C(=O)O)c4ccccc4)c3O)n2)cc1.O=C(O)c1ccccc1N=NC(=NNc1cc(S(=O)(=O)[O-])cc(Nc2nc(Cl)nc(Cc3ccc(S(=O)(=O)CCOS(=O)(=O)[O-])cc3)n2)c1O)c1ccccc1.O=S(=O)=O.O=S(=O)=O.[Cu+].[Cu+].[Na+].[Na+].[Na+]. The number of carbonyl (C=O) groups is 2. The predicted molar refractivity (Wildman–Crippen MR) is 400 cm³/mol. The Morgan fingerprint density at radius 2 is 0.826 bits per heavy atom. The second-order valence-electron chi connectivity index (χ2n) is 22.4. The van der Waals surface area contributed by atoms with E-state index in [1.807, 2.05) is 0 Å². The summed E-state index contributed by atoms with van der Waals surface area (Å²) < 4.78 is 223. The molecule has 0 fully saturated rings. The number of aromatic nitrogens is 6. The van der Waals surface area contributed by atoms with Gasteiger partial charge in [-0.15, -0.1) is 45.7 Å². The average molecular weight is 1950 g/mol. The van der Waals surface area contributed by atoms with E-state index in [1.54, 1.807) is 79.7 Å². The van der Waals surface area contributed by atoms with Crippen LogP contribution in [0, 0.1) is 6.08 Å². The molecule has 10 rings (SSSR count). The third-order valence-corrected chi connectivity index (χ3v) is 20.2. The second-order valence-corrected chi connectivity index (χ2v) is 31.6. The molecular weight excluding hydrogens is 1900 g/mol. The maximum absolute atomic E-state index is 14.5. The molecule has 56 heteroatoms. The molecule has 0 spiro atoms. The van der Waals surface area contributed by atoms with Gasteiger partial charge >= 0.3 is 162 Å². The summed E-state index contributed by atoms with van der Waals surface area (Å²) in [5, 5.41) is 70.4. The van der Waals surface area contributed by atoms with Gasteiger partial charge in [0, 0.05) is 24.0 Å². The van der Waals surface area contributed by atoms with Gasteiger partial charge in [0.15, 0.2) is 31.2 Å². The zero-order chi connectivity index (χ0) is 85.3. The molecule has 0 unspecified atom stereocenters. The van der Waals surface area contributed by atoms with Crippen molar-refractivity contribution in [2.75, 3.05) is 39.6 Å². The van der Waals surface area contributed by atoms with E-state index in [4.69, 9.17) is 36.9 Å². The van der Waals surface area contributed by atoms with E-state index in [0.29, 0.717) is 28.7 Å². The van der Waals surface area contributed by atoms with Crippen molar-refractivity contribution in [3.8, 4) is 11.5 Å². The molecule has 2 heterocycles. The van der Waals surface area contributed by atoms with Gasteiger partial charge in [-0.25, -0.2) is 56.7 Å². The van der Waals surface area contributed by atoms with E-state index < -0.39 is 152 Å². The van der Waals surface area contributed by atoms with Gasteiger partial charge < -0.3 is 44.7 Å².